The van der Waals surface area contributed by atoms with Gasteiger partial charge in [-0.25, -0.2) is 0 Å². The lowest BCUT2D eigenvalue weighted by atomic mass is 10.4. The zero-order chi connectivity index (χ0) is 12.6. The Kier molecular flexibility index (Phi) is 7.64. The zero-order valence-electron chi connectivity index (χ0n) is 10.5. The van der Waals surface area contributed by atoms with Crippen molar-refractivity contribution in [1.29, 1.82) is 0 Å². The molecular weight excluding hydrogens is 229 g/mol. The molecule has 0 fully saturated rings. The maximum absolute atomic E-state index is 11.8. The van der Waals surface area contributed by atoms with Gasteiger partial charge in [-0.1, -0.05) is 0 Å². The predicted octanol–water partition coefficient (Wildman–Crippen LogP) is 1.82. The van der Waals surface area contributed by atoms with Crippen molar-refractivity contribution in [3.05, 3.63) is 0 Å². The van der Waals surface area contributed by atoms with E-state index in [0.717, 1.165) is 0 Å². The van der Waals surface area contributed by atoms with Gasteiger partial charge in [0.2, 0.25) is 7.37 Å². The second-order valence-corrected chi connectivity index (χ2v) is 6.44. The summed E-state index contributed by atoms with van der Waals surface area (Å²) >= 11 is 0. The third kappa shape index (κ3) is 8.89. The average molecular weight is 251 g/mol. The fraction of sp³-hybridized carbons (Fsp3) is 0.900. The third-order valence-electron chi connectivity index (χ3n) is 1.64. The van der Waals surface area contributed by atoms with Gasteiger partial charge in [0.15, 0.2) is 0 Å². The summed E-state index contributed by atoms with van der Waals surface area (Å²) in [5.74, 6) is -0.245. The van der Waals surface area contributed by atoms with Crippen molar-refractivity contribution >= 4 is 13.3 Å². The second-order valence-electron chi connectivity index (χ2n) is 3.88. The molecule has 0 aromatic heterocycles. The molecule has 0 aliphatic heterocycles. The lowest BCUT2D eigenvalue weighted by molar-refractivity contribution is -0.142. The first-order valence-corrected chi connectivity index (χ1v) is 7.74. The van der Waals surface area contributed by atoms with Crippen LogP contribution in [0.5, 0.6) is 0 Å². The van der Waals surface area contributed by atoms with E-state index in [1.54, 1.807) is 13.6 Å². The molecule has 0 spiro atoms. The van der Waals surface area contributed by atoms with E-state index in [2.05, 4.69) is 5.32 Å². The molecule has 1 unspecified atom stereocenters. The first kappa shape index (κ1) is 15.6. The van der Waals surface area contributed by atoms with Crippen LogP contribution in [0.25, 0.3) is 0 Å². The van der Waals surface area contributed by atoms with Gasteiger partial charge in [0, 0.05) is 13.2 Å². The van der Waals surface area contributed by atoms with Crippen LogP contribution < -0.4 is 5.32 Å². The summed E-state index contributed by atoms with van der Waals surface area (Å²) in [5, 5.41) is 2.93. The molecule has 1 atom stereocenters. The molecule has 0 saturated carbocycles. The Labute approximate surface area is 97.3 Å². The summed E-state index contributed by atoms with van der Waals surface area (Å²) in [4.78, 5) is 11.0. The van der Waals surface area contributed by atoms with E-state index in [0.29, 0.717) is 13.2 Å². The van der Waals surface area contributed by atoms with Gasteiger partial charge in [-0.05, 0) is 20.8 Å². The maximum atomic E-state index is 11.8. The summed E-state index contributed by atoms with van der Waals surface area (Å²) in [6.07, 6.45) is 0.516. The number of hydrogen-bond acceptors (Lipinski definition) is 5. The normalized spacial score (nSPS) is 14.8. The van der Waals surface area contributed by atoms with E-state index >= 15 is 0 Å². The number of hydrogen-bond donors (Lipinski definition) is 1. The van der Waals surface area contributed by atoms with Gasteiger partial charge < -0.3 is 14.6 Å². The molecule has 0 aliphatic rings. The van der Waals surface area contributed by atoms with Crippen molar-refractivity contribution in [1.82, 2.24) is 5.32 Å². The topological polar surface area (TPSA) is 64.6 Å². The molecule has 0 saturated heterocycles. The van der Waals surface area contributed by atoms with Crippen LogP contribution in [0, 0.1) is 0 Å². The Morgan fingerprint density at radius 1 is 1.44 bits per heavy atom. The van der Waals surface area contributed by atoms with Crippen molar-refractivity contribution in [2.45, 2.75) is 33.3 Å². The van der Waals surface area contributed by atoms with E-state index in [4.69, 9.17) is 9.26 Å². The van der Waals surface area contributed by atoms with Crippen LogP contribution in [0.1, 0.15) is 27.2 Å². The summed E-state index contributed by atoms with van der Waals surface area (Å²) in [6, 6.07) is 0. The summed E-state index contributed by atoms with van der Waals surface area (Å²) < 4.78 is 21.8. The zero-order valence-corrected chi connectivity index (χ0v) is 11.4. The van der Waals surface area contributed by atoms with Gasteiger partial charge in [-0.3, -0.25) is 9.36 Å². The molecule has 16 heavy (non-hydrogen) atoms. The number of esters is 1. The molecule has 0 heterocycles. The molecule has 96 valence electrons. The highest BCUT2D eigenvalue weighted by atomic mass is 31.2. The highest BCUT2D eigenvalue weighted by Crippen LogP contribution is 2.42. The van der Waals surface area contributed by atoms with Crippen LogP contribution >= 0.6 is 7.37 Å². The van der Waals surface area contributed by atoms with Crippen LogP contribution in [0.2, 0.25) is 0 Å². The number of carbonyl (C=O) groups is 1. The van der Waals surface area contributed by atoms with Gasteiger partial charge in [0.1, 0.15) is 0 Å². The van der Waals surface area contributed by atoms with Crippen LogP contribution in [0.3, 0.4) is 0 Å². The van der Waals surface area contributed by atoms with Crippen molar-refractivity contribution in [2.75, 3.05) is 26.1 Å². The van der Waals surface area contributed by atoms with Crippen molar-refractivity contribution in [3.8, 4) is 0 Å². The van der Waals surface area contributed by atoms with Crippen molar-refractivity contribution < 1.29 is 18.6 Å². The Balaban J connectivity index is 3.65. The van der Waals surface area contributed by atoms with Crippen LogP contribution in [-0.4, -0.2) is 38.2 Å². The van der Waals surface area contributed by atoms with Gasteiger partial charge in [0.05, 0.1) is 25.4 Å². The van der Waals surface area contributed by atoms with Gasteiger partial charge in [-0.2, -0.15) is 0 Å². The van der Waals surface area contributed by atoms with E-state index in [1.807, 2.05) is 13.8 Å². The van der Waals surface area contributed by atoms with E-state index < -0.39 is 7.37 Å². The van der Waals surface area contributed by atoms with E-state index in [1.165, 1.54) is 0 Å². The maximum Gasteiger partial charge on any atom is 0.307 e. The first-order valence-electron chi connectivity index (χ1n) is 5.48. The summed E-state index contributed by atoms with van der Waals surface area (Å²) in [7, 11) is -2.59. The molecule has 0 amide bonds. The van der Waals surface area contributed by atoms with Gasteiger partial charge in [0.25, 0.3) is 0 Å². The largest absolute Gasteiger partial charge is 0.466 e. The Hall–Kier alpha value is -0.380. The molecule has 6 heteroatoms. The Morgan fingerprint density at radius 2 is 2.06 bits per heavy atom. The summed E-state index contributed by atoms with van der Waals surface area (Å²) in [6.45, 7) is 7.88. The molecule has 0 radical (unpaired) electrons. The molecule has 0 aromatic carbocycles. The Bertz CT molecular complexity index is 255. The summed E-state index contributed by atoms with van der Waals surface area (Å²) in [5.41, 5.74) is 0. The van der Waals surface area contributed by atoms with E-state index in [-0.39, 0.29) is 24.8 Å². The van der Waals surface area contributed by atoms with Gasteiger partial charge >= 0.3 is 5.97 Å². The highest BCUT2D eigenvalue weighted by molar-refractivity contribution is 7.58. The standard InChI is InChI=1S/C10H22NO4P/c1-5-14-10(12)6-7-11-8-16(4,13)15-9(2)3/h9,11H,5-8H2,1-4H3. The van der Waals surface area contributed by atoms with Crippen LogP contribution in [-0.2, 0) is 18.6 Å². The van der Waals surface area contributed by atoms with Crippen molar-refractivity contribution in [3.63, 3.8) is 0 Å². The number of ether oxygens (including phenoxy) is 1. The smallest absolute Gasteiger partial charge is 0.307 e. The third-order valence-corrected chi connectivity index (χ3v) is 3.31. The lowest BCUT2D eigenvalue weighted by Gasteiger charge is -2.17. The molecule has 0 aliphatic carbocycles. The average Bonchev–Trinajstić information content (AvgIpc) is 2.11. The predicted molar refractivity (Wildman–Crippen MR) is 63.9 cm³/mol. The molecule has 0 bridgehead atoms. The Morgan fingerprint density at radius 3 is 2.56 bits per heavy atom. The number of rotatable bonds is 8. The second kappa shape index (κ2) is 7.82. The van der Waals surface area contributed by atoms with Crippen LogP contribution in [0.15, 0.2) is 0 Å². The SMILES string of the molecule is CCOC(=O)CCNCP(C)(=O)OC(C)C. The lowest BCUT2D eigenvalue weighted by Crippen LogP contribution is -2.21. The fourth-order valence-electron chi connectivity index (χ4n) is 1.19. The number of nitrogens with one attached hydrogen (secondary N) is 1. The van der Waals surface area contributed by atoms with E-state index in [9.17, 15) is 9.36 Å². The highest BCUT2D eigenvalue weighted by Gasteiger charge is 2.17. The monoisotopic (exact) mass is 251 g/mol. The van der Waals surface area contributed by atoms with Crippen molar-refractivity contribution in [2.24, 2.45) is 0 Å². The molecule has 0 rings (SSSR count). The minimum atomic E-state index is -2.59. The first-order chi connectivity index (χ1) is 7.37. The number of carbonyl (C=O) groups excluding carboxylic acids is 1. The van der Waals surface area contributed by atoms with Gasteiger partial charge in [-0.15, -0.1) is 0 Å². The minimum absolute atomic E-state index is 0.0531. The fourth-order valence-corrected chi connectivity index (χ4v) is 2.72. The molecule has 5 nitrogen and oxygen atoms in total. The molecule has 0 aromatic rings. The van der Waals surface area contributed by atoms with Crippen LogP contribution in [0.4, 0.5) is 0 Å². The quantitative estimate of drug-likeness (QED) is 0.405. The minimum Gasteiger partial charge on any atom is -0.466 e. The molecular formula is C10H22NO4P. The molecule has 1 N–H and O–H groups in total.